The third kappa shape index (κ3) is 5.27. The average molecular weight is 419 g/mol. The lowest BCUT2D eigenvalue weighted by atomic mass is 9.62. The van der Waals surface area contributed by atoms with E-state index >= 15 is 0 Å². The van der Waals surface area contributed by atoms with Crippen molar-refractivity contribution >= 4 is 0 Å². The Balaban J connectivity index is 1.70. The summed E-state index contributed by atoms with van der Waals surface area (Å²) in [4.78, 5) is 0. The first-order valence-electron chi connectivity index (χ1n) is 11.8. The summed E-state index contributed by atoms with van der Waals surface area (Å²) in [5.74, 6) is 1.11. The highest BCUT2D eigenvalue weighted by Crippen LogP contribution is 2.58. The van der Waals surface area contributed by atoms with E-state index in [9.17, 15) is 15.3 Å². The van der Waals surface area contributed by atoms with Gasteiger partial charge in [-0.15, -0.1) is 0 Å². The summed E-state index contributed by atoms with van der Waals surface area (Å²) in [7, 11) is 0. The summed E-state index contributed by atoms with van der Waals surface area (Å²) in [6.45, 7) is 13.0. The van der Waals surface area contributed by atoms with E-state index < -0.39 is 17.8 Å². The summed E-state index contributed by atoms with van der Waals surface area (Å²) in [6, 6.07) is 0. The number of aliphatic hydroxyl groups is 3. The van der Waals surface area contributed by atoms with Gasteiger partial charge in [0.15, 0.2) is 0 Å². The lowest BCUT2D eigenvalue weighted by Crippen LogP contribution is -2.39. The van der Waals surface area contributed by atoms with Crippen LogP contribution in [0.3, 0.4) is 0 Å². The minimum Gasteiger partial charge on any atom is -0.393 e. The summed E-state index contributed by atoms with van der Waals surface area (Å²) >= 11 is 0. The van der Waals surface area contributed by atoms with Crippen molar-refractivity contribution in [3.8, 4) is 0 Å². The van der Waals surface area contributed by atoms with Gasteiger partial charge in [0.1, 0.15) is 0 Å². The van der Waals surface area contributed by atoms with E-state index in [1.165, 1.54) is 31.3 Å². The number of ether oxygens (including phenoxy) is 1. The Hall–Kier alpha value is -0.940. The van der Waals surface area contributed by atoms with Crippen LogP contribution in [0.25, 0.3) is 0 Å². The Kier molecular flexibility index (Phi) is 7.33. The number of allylic oxidation sites excluding steroid dienone is 3. The predicted octanol–water partition coefficient (Wildman–Crippen LogP) is 4.69. The first-order chi connectivity index (χ1) is 14.0. The zero-order valence-corrected chi connectivity index (χ0v) is 19.4. The van der Waals surface area contributed by atoms with Gasteiger partial charge in [-0.2, -0.15) is 0 Å². The first-order valence-corrected chi connectivity index (χ1v) is 11.8. The second-order valence-electron chi connectivity index (χ2n) is 10.8. The first kappa shape index (κ1) is 23.7. The van der Waals surface area contributed by atoms with Crippen molar-refractivity contribution in [2.24, 2.45) is 17.3 Å². The summed E-state index contributed by atoms with van der Waals surface area (Å²) in [5, 5.41) is 30.1. The van der Waals surface area contributed by atoms with Gasteiger partial charge in [0, 0.05) is 13.0 Å². The summed E-state index contributed by atoms with van der Waals surface area (Å²) < 4.78 is 6.19. The van der Waals surface area contributed by atoms with Crippen LogP contribution in [0.5, 0.6) is 0 Å². The topological polar surface area (TPSA) is 69.9 Å². The molecule has 0 spiro atoms. The standard InChI is InChI=1S/C26H42O4/c1-17-20(15-21(27)16-24(17)28)9-8-19-7-6-12-26(5)22(10-11-23(19)26)18(2)30-14-13-25(3,4)29/h8-9,18,21-24,27-29H,1,6-7,10-16H2,2-5H3/b19-8?,20-9-/t18-,21+,22?,23-,24?,26+/m0/s1. The Morgan fingerprint density at radius 1 is 1.27 bits per heavy atom. The minimum atomic E-state index is -0.680. The Morgan fingerprint density at radius 3 is 2.70 bits per heavy atom. The minimum absolute atomic E-state index is 0.198. The molecule has 0 bridgehead atoms. The van der Waals surface area contributed by atoms with Crippen molar-refractivity contribution in [1.29, 1.82) is 0 Å². The van der Waals surface area contributed by atoms with Gasteiger partial charge in [0.05, 0.1) is 23.9 Å². The van der Waals surface area contributed by atoms with Crippen molar-refractivity contribution in [3.05, 3.63) is 35.5 Å². The van der Waals surface area contributed by atoms with E-state index in [2.05, 4.69) is 32.6 Å². The van der Waals surface area contributed by atoms with Crippen LogP contribution in [0.2, 0.25) is 0 Å². The largest absolute Gasteiger partial charge is 0.393 e. The van der Waals surface area contributed by atoms with Gasteiger partial charge in [-0.05, 0) is 94.1 Å². The van der Waals surface area contributed by atoms with Crippen molar-refractivity contribution in [2.45, 2.75) is 103 Å². The smallest absolute Gasteiger partial charge is 0.0811 e. The number of aliphatic hydroxyl groups excluding tert-OH is 2. The van der Waals surface area contributed by atoms with Crippen molar-refractivity contribution in [3.63, 3.8) is 0 Å². The zero-order chi connectivity index (χ0) is 22.1. The summed E-state index contributed by atoms with van der Waals surface area (Å²) in [6.07, 6.45) is 11.0. The van der Waals surface area contributed by atoms with Crippen LogP contribution in [-0.4, -0.2) is 45.8 Å². The molecule has 3 rings (SSSR count). The molecule has 3 fully saturated rings. The van der Waals surface area contributed by atoms with Gasteiger partial charge in [0.25, 0.3) is 0 Å². The summed E-state index contributed by atoms with van der Waals surface area (Å²) in [5.41, 5.74) is 2.82. The highest BCUT2D eigenvalue weighted by molar-refractivity contribution is 5.38. The third-order valence-corrected chi connectivity index (χ3v) is 7.96. The third-order valence-electron chi connectivity index (χ3n) is 7.96. The molecule has 4 heteroatoms. The molecular weight excluding hydrogens is 376 g/mol. The fourth-order valence-electron chi connectivity index (χ4n) is 6.13. The molecule has 3 aliphatic rings. The molecule has 0 aromatic rings. The average Bonchev–Trinajstić information content (AvgIpc) is 3.00. The molecule has 0 amide bonds. The molecule has 30 heavy (non-hydrogen) atoms. The Morgan fingerprint density at radius 2 is 2.00 bits per heavy atom. The van der Waals surface area contributed by atoms with Crippen molar-refractivity contribution in [2.75, 3.05) is 6.61 Å². The second kappa shape index (κ2) is 9.28. The van der Waals surface area contributed by atoms with Crippen LogP contribution < -0.4 is 0 Å². The van der Waals surface area contributed by atoms with E-state index in [0.717, 1.165) is 17.6 Å². The number of hydrogen-bond donors (Lipinski definition) is 3. The molecular formula is C26H42O4. The van der Waals surface area contributed by atoms with Crippen molar-refractivity contribution in [1.82, 2.24) is 0 Å². The fourth-order valence-corrected chi connectivity index (χ4v) is 6.13. The van der Waals surface area contributed by atoms with Gasteiger partial charge in [0.2, 0.25) is 0 Å². The normalized spacial score (nSPS) is 38.8. The Bertz CT molecular complexity index is 686. The fraction of sp³-hybridized carbons (Fsp3) is 0.769. The lowest BCUT2D eigenvalue weighted by Gasteiger charge is -2.44. The van der Waals surface area contributed by atoms with Gasteiger partial charge < -0.3 is 20.1 Å². The maximum Gasteiger partial charge on any atom is 0.0811 e. The monoisotopic (exact) mass is 418 g/mol. The quantitative estimate of drug-likeness (QED) is 0.585. The van der Waals surface area contributed by atoms with E-state index in [0.29, 0.717) is 37.7 Å². The van der Waals surface area contributed by atoms with E-state index in [1.807, 2.05) is 13.8 Å². The molecule has 3 N–H and O–H groups in total. The number of fused-ring (bicyclic) bond motifs is 1. The Labute approximate surface area is 182 Å². The van der Waals surface area contributed by atoms with E-state index in [-0.39, 0.29) is 11.5 Å². The highest BCUT2D eigenvalue weighted by Gasteiger charge is 2.51. The SMILES string of the molecule is C=C1/C(=C\C=C2CCC[C@]3(C)C([C@H](C)OCCC(C)(C)O)CC[C@@H]23)C[C@@H](O)CC1O. The molecule has 3 saturated carbocycles. The van der Waals surface area contributed by atoms with Gasteiger partial charge in [-0.3, -0.25) is 0 Å². The van der Waals surface area contributed by atoms with Crippen LogP contribution in [-0.2, 0) is 4.74 Å². The van der Waals surface area contributed by atoms with Crippen molar-refractivity contribution < 1.29 is 20.1 Å². The van der Waals surface area contributed by atoms with Crippen LogP contribution in [0.4, 0.5) is 0 Å². The molecule has 6 atom stereocenters. The van der Waals surface area contributed by atoms with Crippen LogP contribution in [0, 0.1) is 17.3 Å². The van der Waals surface area contributed by atoms with Gasteiger partial charge in [-0.1, -0.05) is 31.2 Å². The molecule has 3 aliphatic carbocycles. The molecule has 4 nitrogen and oxygen atoms in total. The molecule has 0 heterocycles. The lowest BCUT2D eigenvalue weighted by molar-refractivity contribution is -0.0454. The molecule has 0 saturated heterocycles. The molecule has 2 unspecified atom stereocenters. The molecule has 0 aromatic heterocycles. The second-order valence-corrected chi connectivity index (χ2v) is 10.8. The van der Waals surface area contributed by atoms with E-state index in [1.54, 1.807) is 0 Å². The molecule has 0 aliphatic heterocycles. The highest BCUT2D eigenvalue weighted by atomic mass is 16.5. The number of rotatable bonds is 6. The molecule has 170 valence electrons. The number of hydrogen-bond acceptors (Lipinski definition) is 4. The van der Waals surface area contributed by atoms with Crippen LogP contribution in [0.1, 0.15) is 79.1 Å². The predicted molar refractivity (Wildman–Crippen MR) is 121 cm³/mol. The van der Waals surface area contributed by atoms with E-state index in [4.69, 9.17) is 4.74 Å². The zero-order valence-electron chi connectivity index (χ0n) is 19.4. The van der Waals surface area contributed by atoms with Crippen LogP contribution >= 0.6 is 0 Å². The maximum atomic E-state index is 10.1. The molecule has 0 aromatic carbocycles. The van der Waals surface area contributed by atoms with Crippen LogP contribution in [0.15, 0.2) is 35.5 Å². The maximum absolute atomic E-state index is 10.1. The molecule has 0 radical (unpaired) electrons. The van der Waals surface area contributed by atoms with Gasteiger partial charge in [-0.25, -0.2) is 0 Å². The van der Waals surface area contributed by atoms with Gasteiger partial charge >= 0.3 is 0 Å².